The number of hydrogen-bond donors (Lipinski definition) is 2. The highest BCUT2D eigenvalue weighted by Gasteiger charge is 2.36. The van der Waals surface area contributed by atoms with Gasteiger partial charge in [0, 0.05) is 32.0 Å². The predicted molar refractivity (Wildman–Crippen MR) is 128 cm³/mol. The van der Waals surface area contributed by atoms with Crippen molar-refractivity contribution in [1.82, 2.24) is 10.2 Å². The molecule has 2 aromatic rings. The molecule has 0 spiro atoms. The maximum Gasteiger partial charge on any atom is 0.407 e. The van der Waals surface area contributed by atoms with E-state index in [1.807, 2.05) is 38.1 Å². The van der Waals surface area contributed by atoms with E-state index in [1.54, 1.807) is 4.90 Å². The van der Waals surface area contributed by atoms with Crippen molar-refractivity contribution in [3.8, 4) is 11.1 Å². The van der Waals surface area contributed by atoms with Gasteiger partial charge in [-0.05, 0) is 54.9 Å². The van der Waals surface area contributed by atoms with E-state index < -0.39 is 17.5 Å². The molecule has 7 heteroatoms. The molecule has 180 valence electrons. The average Bonchev–Trinajstić information content (AvgIpc) is 3.42. The third-order valence-corrected chi connectivity index (χ3v) is 6.94. The second-order valence-electron chi connectivity index (χ2n) is 9.90. The van der Waals surface area contributed by atoms with Gasteiger partial charge in [-0.25, -0.2) is 4.79 Å². The fourth-order valence-electron chi connectivity index (χ4n) is 5.03. The smallest absolute Gasteiger partial charge is 0.407 e. The van der Waals surface area contributed by atoms with E-state index in [0.29, 0.717) is 19.5 Å². The Bertz CT molecular complexity index is 1030. The number of hydrogen-bond acceptors (Lipinski definition) is 4. The highest BCUT2D eigenvalue weighted by atomic mass is 16.5. The van der Waals surface area contributed by atoms with Crippen molar-refractivity contribution >= 4 is 18.0 Å². The van der Waals surface area contributed by atoms with Crippen LogP contribution >= 0.6 is 0 Å². The van der Waals surface area contributed by atoms with Crippen LogP contribution in [0, 0.1) is 11.3 Å². The van der Waals surface area contributed by atoms with Gasteiger partial charge < -0.3 is 20.1 Å². The molecule has 0 radical (unpaired) electrons. The number of rotatable bonds is 8. The van der Waals surface area contributed by atoms with Crippen LogP contribution in [0.4, 0.5) is 4.79 Å². The molecule has 1 aliphatic heterocycles. The molecule has 7 nitrogen and oxygen atoms in total. The summed E-state index contributed by atoms with van der Waals surface area (Å²) in [6.07, 6.45) is 0.981. The maximum atomic E-state index is 13.0. The topological polar surface area (TPSA) is 95.9 Å². The SMILES string of the molecule is CC(C)(CNC(=O)OCC1c2ccccc2-c2ccccc21)C(=O)N1CCC(CCC(=O)O)C1. The van der Waals surface area contributed by atoms with E-state index in [1.165, 1.54) is 11.1 Å². The lowest BCUT2D eigenvalue weighted by molar-refractivity contribution is -0.139. The second kappa shape index (κ2) is 9.87. The van der Waals surface area contributed by atoms with Crippen LogP contribution in [0.25, 0.3) is 11.1 Å². The van der Waals surface area contributed by atoms with Gasteiger partial charge in [0.15, 0.2) is 0 Å². The number of likely N-dealkylation sites (tertiary alicyclic amines) is 1. The van der Waals surface area contributed by atoms with Crippen LogP contribution in [-0.4, -0.2) is 54.2 Å². The number of carboxylic acid groups (broad SMARTS) is 1. The van der Waals surface area contributed by atoms with E-state index in [0.717, 1.165) is 17.5 Å². The standard InChI is InChI=1S/C27H32N2O5/c1-27(2,25(32)29-14-13-18(15-29)11-12-24(30)31)17-28-26(33)34-16-23-21-9-5-3-7-19(21)20-8-4-6-10-22(20)23/h3-10,18,23H,11-17H2,1-2H3,(H,28,33)(H,30,31). The number of aliphatic carboxylic acids is 1. The molecule has 1 aliphatic carbocycles. The maximum absolute atomic E-state index is 13.0. The van der Waals surface area contributed by atoms with Crippen molar-refractivity contribution in [2.24, 2.45) is 11.3 Å². The van der Waals surface area contributed by atoms with Crippen LogP contribution in [0.15, 0.2) is 48.5 Å². The van der Waals surface area contributed by atoms with Crippen molar-refractivity contribution in [1.29, 1.82) is 0 Å². The van der Waals surface area contributed by atoms with Gasteiger partial charge in [0.1, 0.15) is 6.61 Å². The van der Waals surface area contributed by atoms with Gasteiger partial charge in [-0.1, -0.05) is 48.5 Å². The zero-order valence-electron chi connectivity index (χ0n) is 19.8. The Labute approximate surface area is 200 Å². The molecule has 2 aliphatic rings. The number of amides is 2. The molecule has 0 saturated carbocycles. The first kappa shape index (κ1) is 23.8. The van der Waals surface area contributed by atoms with E-state index in [2.05, 4.69) is 29.6 Å². The highest BCUT2D eigenvalue weighted by Crippen LogP contribution is 2.44. The number of carbonyl (C=O) groups is 3. The quantitative estimate of drug-likeness (QED) is 0.608. The summed E-state index contributed by atoms with van der Waals surface area (Å²) in [5.41, 5.74) is 3.86. The minimum atomic E-state index is -0.808. The normalized spacial score (nSPS) is 17.2. The third-order valence-electron chi connectivity index (χ3n) is 6.94. The number of fused-ring (bicyclic) bond motifs is 3. The molecule has 1 fully saturated rings. The average molecular weight is 465 g/mol. The minimum Gasteiger partial charge on any atom is -0.481 e. The Morgan fingerprint density at radius 2 is 1.68 bits per heavy atom. The number of alkyl carbamates (subject to hydrolysis) is 1. The number of benzene rings is 2. The van der Waals surface area contributed by atoms with Crippen molar-refractivity contribution in [3.63, 3.8) is 0 Å². The van der Waals surface area contributed by atoms with E-state index in [-0.39, 0.29) is 37.3 Å². The Hall–Kier alpha value is -3.35. The lowest BCUT2D eigenvalue weighted by atomic mass is 9.91. The first-order chi connectivity index (χ1) is 16.3. The molecule has 2 amide bonds. The van der Waals surface area contributed by atoms with Crippen molar-refractivity contribution in [2.45, 2.75) is 39.0 Å². The largest absolute Gasteiger partial charge is 0.481 e. The Morgan fingerprint density at radius 3 is 2.29 bits per heavy atom. The molecule has 2 aromatic carbocycles. The van der Waals surface area contributed by atoms with Crippen LogP contribution < -0.4 is 5.32 Å². The lowest BCUT2D eigenvalue weighted by Crippen LogP contribution is -2.46. The molecule has 1 unspecified atom stereocenters. The first-order valence-electron chi connectivity index (χ1n) is 11.9. The molecular weight excluding hydrogens is 432 g/mol. The molecule has 1 atom stereocenters. The van der Waals surface area contributed by atoms with Gasteiger partial charge in [0.25, 0.3) is 0 Å². The summed E-state index contributed by atoms with van der Waals surface area (Å²) in [6, 6.07) is 16.3. The minimum absolute atomic E-state index is 0.0138. The Morgan fingerprint density at radius 1 is 1.06 bits per heavy atom. The van der Waals surface area contributed by atoms with Crippen LogP contribution in [0.1, 0.15) is 50.2 Å². The number of ether oxygens (including phenoxy) is 1. The molecule has 1 heterocycles. The van der Waals surface area contributed by atoms with Crippen molar-refractivity contribution < 1.29 is 24.2 Å². The summed E-state index contributed by atoms with van der Waals surface area (Å²) in [5, 5.41) is 11.6. The fraction of sp³-hybridized carbons (Fsp3) is 0.444. The number of nitrogens with zero attached hydrogens (tertiary/aromatic N) is 1. The predicted octanol–water partition coefficient (Wildman–Crippen LogP) is 4.26. The van der Waals surface area contributed by atoms with Gasteiger partial charge in [-0.3, -0.25) is 9.59 Å². The van der Waals surface area contributed by atoms with Crippen LogP contribution in [-0.2, 0) is 14.3 Å². The molecule has 2 N–H and O–H groups in total. The monoisotopic (exact) mass is 464 g/mol. The molecule has 1 saturated heterocycles. The Balaban J connectivity index is 1.29. The lowest BCUT2D eigenvalue weighted by Gasteiger charge is -2.29. The van der Waals surface area contributed by atoms with E-state index in [9.17, 15) is 14.4 Å². The first-order valence-corrected chi connectivity index (χ1v) is 11.9. The number of nitrogens with one attached hydrogen (secondary N) is 1. The second-order valence-corrected chi connectivity index (χ2v) is 9.90. The fourth-order valence-corrected chi connectivity index (χ4v) is 5.03. The van der Waals surface area contributed by atoms with Gasteiger partial charge >= 0.3 is 12.1 Å². The number of carbonyl (C=O) groups excluding carboxylic acids is 2. The third kappa shape index (κ3) is 5.08. The summed E-state index contributed by atoms with van der Waals surface area (Å²) in [7, 11) is 0. The van der Waals surface area contributed by atoms with E-state index >= 15 is 0 Å². The summed E-state index contributed by atoms with van der Waals surface area (Å²) >= 11 is 0. The molecule has 0 aromatic heterocycles. The highest BCUT2D eigenvalue weighted by molar-refractivity contribution is 5.83. The summed E-state index contributed by atoms with van der Waals surface area (Å²) < 4.78 is 5.58. The summed E-state index contributed by atoms with van der Waals surface area (Å²) in [6.45, 7) is 5.20. The summed E-state index contributed by atoms with van der Waals surface area (Å²) in [4.78, 5) is 38.1. The van der Waals surface area contributed by atoms with Crippen LogP contribution in [0.5, 0.6) is 0 Å². The summed E-state index contributed by atoms with van der Waals surface area (Å²) in [5.74, 6) is -0.646. The van der Waals surface area contributed by atoms with Crippen LogP contribution in [0.2, 0.25) is 0 Å². The zero-order chi connectivity index (χ0) is 24.3. The van der Waals surface area contributed by atoms with Crippen molar-refractivity contribution in [2.75, 3.05) is 26.2 Å². The van der Waals surface area contributed by atoms with E-state index in [4.69, 9.17) is 9.84 Å². The van der Waals surface area contributed by atoms with Gasteiger partial charge in [-0.15, -0.1) is 0 Å². The Kier molecular flexibility index (Phi) is 6.91. The van der Waals surface area contributed by atoms with Gasteiger partial charge in [0.2, 0.25) is 5.91 Å². The number of carboxylic acids is 1. The zero-order valence-corrected chi connectivity index (χ0v) is 19.8. The molecule has 34 heavy (non-hydrogen) atoms. The molecule has 0 bridgehead atoms. The van der Waals surface area contributed by atoms with Crippen LogP contribution in [0.3, 0.4) is 0 Å². The molecule has 4 rings (SSSR count). The molecular formula is C27H32N2O5. The van der Waals surface area contributed by atoms with Crippen molar-refractivity contribution in [3.05, 3.63) is 59.7 Å². The van der Waals surface area contributed by atoms with Gasteiger partial charge in [0.05, 0.1) is 5.41 Å². The van der Waals surface area contributed by atoms with Gasteiger partial charge in [-0.2, -0.15) is 0 Å².